The quantitative estimate of drug-likeness (QED) is 0.914. The third-order valence-corrected chi connectivity index (χ3v) is 4.08. The second kappa shape index (κ2) is 4.52. The maximum atomic E-state index is 11.9. The van der Waals surface area contributed by atoms with E-state index in [9.17, 15) is 4.79 Å². The normalized spacial score (nSPS) is 14.8. The molecule has 1 aliphatic rings. The largest absolute Gasteiger partial charge is 0.305 e. The summed E-state index contributed by atoms with van der Waals surface area (Å²) in [6.45, 7) is 0. The van der Waals surface area contributed by atoms with Crippen LogP contribution in [0.3, 0.4) is 0 Å². The van der Waals surface area contributed by atoms with E-state index in [0.29, 0.717) is 21.2 Å². The van der Waals surface area contributed by atoms with E-state index in [4.69, 9.17) is 11.6 Å². The fourth-order valence-electron chi connectivity index (χ4n) is 1.88. The van der Waals surface area contributed by atoms with Gasteiger partial charge in [-0.25, -0.2) is 4.98 Å². The Kier molecular flexibility index (Phi) is 2.99. The van der Waals surface area contributed by atoms with Crippen LogP contribution in [-0.4, -0.2) is 9.97 Å². The number of nitrogens with zero attached hydrogens (tertiary/aromatic N) is 1. The maximum absolute atomic E-state index is 11.9. The highest BCUT2D eigenvalue weighted by molar-refractivity contribution is 9.10. The number of rotatable bonds is 2. The van der Waals surface area contributed by atoms with Crippen LogP contribution in [-0.2, 0) is 0 Å². The zero-order valence-corrected chi connectivity index (χ0v) is 11.8. The molecular weight excluding hydrogens is 316 g/mol. The van der Waals surface area contributed by atoms with Crippen molar-refractivity contribution in [3.63, 3.8) is 0 Å². The van der Waals surface area contributed by atoms with E-state index in [1.807, 2.05) is 18.2 Å². The Bertz CT molecular complexity index is 664. The van der Waals surface area contributed by atoms with Gasteiger partial charge in [0.2, 0.25) is 0 Å². The number of hydrogen-bond donors (Lipinski definition) is 1. The first-order chi connectivity index (χ1) is 8.66. The van der Waals surface area contributed by atoms with Crippen LogP contribution < -0.4 is 5.56 Å². The second-order valence-corrected chi connectivity index (χ2v) is 5.57. The Balaban J connectivity index is 2.19. The molecule has 1 aromatic heterocycles. The molecule has 1 aromatic carbocycles. The minimum atomic E-state index is -0.151. The Morgan fingerprint density at radius 1 is 1.33 bits per heavy atom. The van der Waals surface area contributed by atoms with Gasteiger partial charge in [0.25, 0.3) is 5.56 Å². The Hall–Kier alpha value is -1.13. The van der Waals surface area contributed by atoms with Crippen molar-refractivity contribution in [1.29, 1.82) is 0 Å². The van der Waals surface area contributed by atoms with Gasteiger partial charge >= 0.3 is 0 Å². The van der Waals surface area contributed by atoms with Crippen LogP contribution in [0.15, 0.2) is 33.5 Å². The molecule has 0 unspecified atom stereocenters. The van der Waals surface area contributed by atoms with E-state index in [1.54, 1.807) is 6.07 Å². The molecule has 1 fully saturated rings. The van der Waals surface area contributed by atoms with Crippen molar-refractivity contribution in [2.75, 3.05) is 0 Å². The Morgan fingerprint density at radius 3 is 2.72 bits per heavy atom. The summed E-state index contributed by atoms with van der Waals surface area (Å²) in [6.07, 6.45) is 2.19. The van der Waals surface area contributed by atoms with Crippen LogP contribution in [0.25, 0.3) is 11.4 Å². The first-order valence-electron chi connectivity index (χ1n) is 5.71. The van der Waals surface area contributed by atoms with Gasteiger partial charge in [0.1, 0.15) is 10.3 Å². The van der Waals surface area contributed by atoms with Crippen molar-refractivity contribution >= 4 is 27.5 Å². The highest BCUT2D eigenvalue weighted by Gasteiger charge is 2.29. The lowest BCUT2D eigenvalue weighted by atomic mass is 10.2. The van der Waals surface area contributed by atoms with Gasteiger partial charge in [-0.3, -0.25) is 4.79 Å². The fourth-order valence-corrected chi connectivity index (χ4v) is 2.62. The van der Waals surface area contributed by atoms with Crippen LogP contribution in [0.4, 0.5) is 0 Å². The molecule has 1 N–H and O–H groups in total. The Morgan fingerprint density at radius 2 is 2.06 bits per heavy atom. The second-order valence-electron chi connectivity index (χ2n) is 4.37. The summed E-state index contributed by atoms with van der Waals surface area (Å²) in [5, 5.41) is 0.588. The summed E-state index contributed by atoms with van der Waals surface area (Å²) >= 11 is 9.43. The predicted octanol–water partition coefficient (Wildman–Crippen LogP) is 3.73. The third-order valence-electron chi connectivity index (χ3n) is 2.98. The lowest BCUT2D eigenvalue weighted by Crippen LogP contribution is -2.13. The van der Waals surface area contributed by atoms with Gasteiger partial charge in [-0.2, -0.15) is 0 Å². The third kappa shape index (κ3) is 2.10. The molecule has 0 aliphatic heterocycles. The number of hydrogen-bond acceptors (Lipinski definition) is 2. The summed E-state index contributed by atoms with van der Waals surface area (Å²) in [5.74, 6) is 0.943. The average Bonchev–Trinajstić information content (AvgIpc) is 3.17. The molecule has 0 amide bonds. The van der Waals surface area contributed by atoms with E-state index in [1.165, 1.54) is 0 Å². The number of H-pyrrole nitrogens is 1. The molecule has 3 nitrogen and oxygen atoms in total. The van der Waals surface area contributed by atoms with Crippen LogP contribution in [0.2, 0.25) is 5.02 Å². The van der Waals surface area contributed by atoms with Gasteiger partial charge in [-0.05, 0) is 40.9 Å². The molecule has 18 heavy (non-hydrogen) atoms. The maximum Gasteiger partial charge on any atom is 0.265 e. The van der Waals surface area contributed by atoms with Gasteiger partial charge in [-0.1, -0.05) is 23.7 Å². The highest BCUT2D eigenvalue weighted by Crippen LogP contribution is 2.41. The molecule has 5 heteroatoms. The molecule has 2 aromatic rings. The van der Waals surface area contributed by atoms with Crippen LogP contribution in [0.5, 0.6) is 0 Å². The fraction of sp³-hybridized carbons (Fsp3) is 0.231. The van der Waals surface area contributed by atoms with Crippen LogP contribution >= 0.6 is 27.5 Å². The zero-order valence-electron chi connectivity index (χ0n) is 9.41. The molecule has 0 bridgehead atoms. The molecule has 92 valence electrons. The lowest BCUT2D eigenvalue weighted by molar-refractivity contribution is 0.960. The molecule has 1 aliphatic carbocycles. The van der Waals surface area contributed by atoms with E-state index in [2.05, 4.69) is 25.9 Å². The summed E-state index contributed by atoms with van der Waals surface area (Å²) in [4.78, 5) is 19.2. The van der Waals surface area contributed by atoms with E-state index in [0.717, 1.165) is 24.1 Å². The van der Waals surface area contributed by atoms with Crippen LogP contribution in [0.1, 0.15) is 24.5 Å². The van der Waals surface area contributed by atoms with Gasteiger partial charge in [0.05, 0.1) is 10.7 Å². The SMILES string of the molecule is O=c1[nH]c(-c2ccccc2Cl)nc(C2CC2)c1Br. The molecule has 0 spiro atoms. The minimum absolute atomic E-state index is 0.151. The van der Waals surface area contributed by atoms with Gasteiger partial charge in [0.15, 0.2) is 0 Å². The molecule has 3 rings (SSSR count). The van der Waals surface area contributed by atoms with Crippen molar-refractivity contribution < 1.29 is 0 Å². The molecular formula is C13H10BrClN2O. The van der Waals surface area contributed by atoms with Gasteiger partial charge < -0.3 is 4.98 Å². The van der Waals surface area contributed by atoms with Crippen molar-refractivity contribution in [3.8, 4) is 11.4 Å². The standard InChI is InChI=1S/C13H10BrClN2O/c14-10-11(7-5-6-7)16-12(17-13(10)18)8-3-1-2-4-9(8)15/h1-4,7H,5-6H2,(H,16,17,18). The first kappa shape index (κ1) is 11.9. The van der Waals surface area contributed by atoms with Gasteiger partial charge in [0, 0.05) is 11.5 Å². The Labute approximate surface area is 117 Å². The lowest BCUT2D eigenvalue weighted by Gasteiger charge is -2.07. The molecule has 1 saturated carbocycles. The number of nitrogens with one attached hydrogen (secondary N) is 1. The average molecular weight is 326 g/mol. The smallest absolute Gasteiger partial charge is 0.265 e. The topological polar surface area (TPSA) is 45.8 Å². The summed E-state index contributed by atoms with van der Waals surface area (Å²) in [6, 6.07) is 7.37. The molecule has 0 saturated heterocycles. The number of aromatic amines is 1. The van der Waals surface area contributed by atoms with Crippen molar-refractivity contribution in [2.45, 2.75) is 18.8 Å². The molecule has 0 radical (unpaired) electrons. The zero-order chi connectivity index (χ0) is 12.7. The minimum Gasteiger partial charge on any atom is -0.305 e. The number of benzene rings is 1. The van der Waals surface area contributed by atoms with Crippen molar-refractivity contribution in [3.05, 3.63) is 49.8 Å². The van der Waals surface area contributed by atoms with Crippen molar-refractivity contribution in [1.82, 2.24) is 9.97 Å². The van der Waals surface area contributed by atoms with Gasteiger partial charge in [-0.15, -0.1) is 0 Å². The monoisotopic (exact) mass is 324 g/mol. The summed E-state index contributed by atoms with van der Waals surface area (Å²) in [5.41, 5.74) is 1.45. The van der Waals surface area contributed by atoms with E-state index >= 15 is 0 Å². The number of halogens is 2. The van der Waals surface area contributed by atoms with E-state index < -0.39 is 0 Å². The van der Waals surface area contributed by atoms with Crippen LogP contribution in [0, 0.1) is 0 Å². The predicted molar refractivity (Wildman–Crippen MR) is 75.0 cm³/mol. The number of aromatic nitrogens is 2. The molecule has 1 heterocycles. The van der Waals surface area contributed by atoms with E-state index in [-0.39, 0.29) is 5.56 Å². The molecule has 0 atom stereocenters. The summed E-state index contributed by atoms with van der Waals surface area (Å²) < 4.78 is 0.542. The first-order valence-corrected chi connectivity index (χ1v) is 6.88. The highest BCUT2D eigenvalue weighted by atomic mass is 79.9. The van der Waals surface area contributed by atoms with Crippen molar-refractivity contribution in [2.24, 2.45) is 0 Å². The summed E-state index contributed by atoms with van der Waals surface area (Å²) in [7, 11) is 0.